The molecular weight excluding hydrogens is 1950 g/mol. The molecule has 4 aliphatic heterocycles. The number of amides is 2. The third-order valence-corrected chi connectivity index (χ3v) is 27.2. The molecule has 8 aliphatic rings. The Morgan fingerprint density at radius 3 is 1.60 bits per heavy atom. The number of ketones is 1. The number of nitrogens with one attached hydrogen (secondary N) is 4. The molecule has 2 saturated heterocycles. The number of halogens is 2. The number of likely N-dealkylation sites (tertiary alicyclic amines) is 2. The van der Waals surface area contributed by atoms with E-state index < -0.39 is 63.1 Å². The maximum atomic E-state index is 12.9. The van der Waals surface area contributed by atoms with Crippen LogP contribution in [0, 0.1) is 48.8 Å². The lowest BCUT2D eigenvalue weighted by Gasteiger charge is -2.57. The van der Waals surface area contributed by atoms with Gasteiger partial charge in [0.2, 0.25) is 5.91 Å². The number of aromatic carboxylic acids is 1. The average Bonchev–Trinajstić information content (AvgIpc) is 1.51. The topological polar surface area (TPSA) is 530 Å². The Hall–Kier alpha value is -16.3. The number of rotatable bonds is 29. The van der Waals surface area contributed by atoms with E-state index in [0.717, 1.165) is 109 Å². The average molecular weight is 2060 g/mol. The quantitative estimate of drug-likeness (QED) is 0.00201. The molecule has 2 amide bonds. The Morgan fingerprint density at radius 1 is 0.584 bits per heavy atom. The number of piperidine rings is 2. The molecule has 9 atom stereocenters. The third kappa shape index (κ3) is 26.6. The van der Waals surface area contributed by atoms with Crippen molar-refractivity contribution in [3.8, 4) is 57.5 Å². The van der Waals surface area contributed by atoms with Gasteiger partial charge >= 0.3 is 35.6 Å². The SMILES string of the molecule is CC(C)(C)OC(=O)NCCOc1ccc(C(=O)O)cc1.COc1ccc2c3c1O[C@H]1C(=O)CC[C@H]4[C@@H](C2)N(C)CC[C@]314.COc1ccc2c3c1O[C@H]1C(OC(=O)Oc4ccc([N+](=O)[O-])cc4)=CC[C@H]4[C@@H](C2)N(C)CC[C@]314.F.N=C(N)c1ccc2cc(O)ccc2c1.N=C(N)c1ccc2cc(OC(=O)c3ccc(OCCNC(=O)[C@H](CCCCN)CC(=O)OCc4ccccc4)cc3)ccc2c1.O=C(Cl)Oc1ccc([N+](=O)[O-])cc1. The zero-order chi connectivity index (χ0) is 106. The second-order valence-electron chi connectivity index (χ2n) is 37.5. The number of aromatic hydroxyl groups is 1. The largest absolute Gasteiger partial charge is 0.519 e. The summed E-state index contributed by atoms with van der Waals surface area (Å²) in [5.74, 6) is 4.08. The van der Waals surface area contributed by atoms with E-state index in [-0.39, 0.29) is 112 Å². The van der Waals surface area contributed by atoms with Gasteiger partial charge in [0.15, 0.2) is 41.0 Å². The van der Waals surface area contributed by atoms with Crippen LogP contribution in [0.4, 0.5) is 30.5 Å². The van der Waals surface area contributed by atoms with Crippen LogP contribution in [0.5, 0.6) is 57.5 Å². The first-order chi connectivity index (χ1) is 70.9. The molecule has 39 heteroatoms. The van der Waals surface area contributed by atoms with E-state index in [2.05, 4.69) is 51.4 Å². The molecule has 4 bridgehead atoms. The van der Waals surface area contributed by atoms with Gasteiger partial charge in [-0.1, -0.05) is 85.3 Å². The molecular formula is C110H117ClFN11O26. The molecule has 0 radical (unpaired) electrons. The molecule has 1 saturated carbocycles. The Morgan fingerprint density at radius 2 is 1.07 bits per heavy atom. The number of phenols is 1. The lowest BCUT2D eigenvalue weighted by molar-refractivity contribution is -0.385. The lowest BCUT2D eigenvalue weighted by Crippen LogP contribution is -2.65. The summed E-state index contributed by atoms with van der Waals surface area (Å²) in [4.78, 5) is 120. The number of nitrogens with zero attached hydrogens (tertiary/aromatic N) is 4. The second-order valence-corrected chi connectivity index (χ2v) is 37.8. The van der Waals surface area contributed by atoms with Crippen molar-refractivity contribution in [3.63, 3.8) is 0 Å². The molecule has 37 nitrogen and oxygen atoms in total. The van der Waals surface area contributed by atoms with E-state index in [1.165, 1.54) is 82.9 Å². The van der Waals surface area contributed by atoms with Crippen molar-refractivity contribution in [1.29, 1.82) is 10.8 Å². The van der Waals surface area contributed by atoms with Crippen LogP contribution >= 0.6 is 11.6 Å². The lowest BCUT2D eigenvalue weighted by atomic mass is 9.52. The number of carboxylic acids is 1. The number of hydrogen-bond acceptors (Lipinski definition) is 30. The summed E-state index contributed by atoms with van der Waals surface area (Å²) >= 11 is 4.92. The Balaban J connectivity index is 0.000000157. The van der Waals surface area contributed by atoms with Gasteiger partial charge in [-0.25, -0.2) is 24.0 Å². The third-order valence-electron chi connectivity index (χ3n) is 27.1. The summed E-state index contributed by atoms with van der Waals surface area (Å²) in [6.45, 7) is 9.02. The molecule has 149 heavy (non-hydrogen) atoms. The number of ether oxygens (including phenoxy) is 12. The van der Waals surface area contributed by atoms with Gasteiger partial charge in [-0.3, -0.25) is 50.1 Å². The zero-order valence-electron chi connectivity index (χ0n) is 82.9. The fourth-order valence-corrected chi connectivity index (χ4v) is 20.3. The Labute approximate surface area is 862 Å². The zero-order valence-corrected chi connectivity index (χ0v) is 83.7. The fraction of sp³-hybridized carbons (Fsp3) is 0.327. The molecule has 782 valence electrons. The van der Waals surface area contributed by atoms with Gasteiger partial charge in [0.05, 0.1) is 54.7 Å². The molecule has 12 N–H and O–H groups in total. The van der Waals surface area contributed by atoms with Gasteiger partial charge in [0.1, 0.15) is 77.3 Å². The summed E-state index contributed by atoms with van der Waals surface area (Å²) in [5.41, 5.74) is 22.4. The summed E-state index contributed by atoms with van der Waals surface area (Å²) in [5, 5.41) is 62.9. The highest BCUT2D eigenvalue weighted by Crippen LogP contribution is 2.65. The number of unbranched alkanes of at least 4 members (excludes halogenated alkanes) is 1. The normalized spacial score (nSPS) is 18.8. The predicted molar refractivity (Wildman–Crippen MR) is 551 cm³/mol. The van der Waals surface area contributed by atoms with Crippen LogP contribution in [-0.4, -0.2) is 193 Å². The van der Waals surface area contributed by atoms with Gasteiger partial charge in [-0.15, -0.1) is 0 Å². The van der Waals surface area contributed by atoms with Crippen molar-refractivity contribution in [3.05, 3.63) is 307 Å². The van der Waals surface area contributed by atoms with Crippen LogP contribution < -0.4 is 70.5 Å². The first kappa shape index (κ1) is 110. The summed E-state index contributed by atoms with van der Waals surface area (Å²) in [6.07, 6.45) is 8.20. The van der Waals surface area contributed by atoms with Crippen LogP contribution in [0.25, 0.3) is 21.5 Å². The van der Waals surface area contributed by atoms with E-state index in [1.54, 1.807) is 126 Å². The van der Waals surface area contributed by atoms with Crippen molar-refractivity contribution >= 4 is 103 Å². The number of nitrogen functional groups attached to an aromatic ring is 2. The van der Waals surface area contributed by atoms with E-state index in [9.17, 15) is 63.7 Å². The molecule has 4 aliphatic carbocycles. The maximum Gasteiger partial charge on any atom is 0.519 e. The number of amidine groups is 2. The first-order valence-electron chi connectivity index (χ1n) is 48.1. The van der Waals surface area contributed by atoms with E-state index in [1.807, 2.05) is 66.7 Å². The molecule has 4 heterocycles. The number of carbonyl (C=O) groups excluding carboxylic acids is 7. The van der Waals surface area contributed by atoms with Gasteiger partial charge in [0, 0.05) is 93.4 Å². The monoisotopic (exact) mass is 2060 g/mol. The number of hydrogen-bond donors (Lipinski definition) is 9. The van der Waals surface area contributed by atoms with Gasteiger partial charge in [0.25, 0.3) is 11.4 Å². The number of allylic oxidation sites excluding steroid dienone is 1. The summed E-state index contributed by atoms with van der Waals surface area (Å²) < 4.78 is 66.4. The molecule has 2 spiro atoms. The number of methoxy groups -OCH3 is 2. The van der Waals surface area contributed by atoms with Gasteiger partial charge < -0.3 is 105 Å². The number of nitro groups is 2. The van der Waals surface area contributed by atoms with Crippen LogP contribution in [0.1, 0.15) is 138 Å². The van der Waals surface area contributed by atoms with Crippen molar-refractivity contribution in [2.24, 2.45) is 35.0 Å². The highest BCUT2D eigenvalue weighted by molar-refractivity contribution is 6.61. The van der Waals surface area contributed by atoms with E-state index >= 15 is 0 Å². The number of esters is 2. The molecule has 19 rings (SSSR count). The van der Waals surface area contributed by atoms with Crippen LogP contribution in [0.2, 0.25) is 0 Å². The number of fused-ring (bicyclic) bond motifs is 2. The van der Waals surface area contributed by atoms with Gasteiger partial charge in [-0.2, -0.15) is 0 Å². The number of alkyl carbamates (subject to hydrolysis) is 1. The van der Waals surface area contributed by atoms with Crippen molar-refractivity contribution in [2.75, 3.05) is 74.3 Å². The Bertz CT molecular complexity index is 6800. The molecule has 3 fully saturated rings. The van der Waals surface area contributed by atoms with Crippen molar-refractivity contribution < 1.29 is 120 Å². The number of nitrogens with two attached hydrogens (primary N) is 3. The van der Waals surface area contributed by atoms with Crippen LogP contribution in [-0.2, 0) is 58.9 Å². The minimum atomic E-state index is -0.983. The number of Topliss-reactive ketones (excluding diaryl/α,β-unsaturated/α-hetero) is 1. The summed E-state index contributed by atoms with van der Waals surface area (Å²) in [6, 6.07) is 62.6. The number of nitro benzene ring substituents is 2. The Kier molecular flexibility index (Phi) is 36.3. The smallest absolute Gasteiger partial charge is 0.508 e. The number of phenolic OH excluding ortho intramolecular Hbond substituents is 1. The fourth-order valence-electron chi connectivity index (χ4n) is 20.2. The van der Waals surface area contributed by atoms with Crippen LogP contribution in [0.3, 0.4) is 0 Å². The van der Waals surface area contributed by atoms with Crippen molar-refractivity contribution in [1.82, 2.24) is 20.4 Å². The highest BCUT2D eigenvalue weighted by Gasteiger charge is 2.67. The molecule has 11 aromatic carbocycles. The maximum absolute atomic E-state index is 12.9. The number of carboxylic acid groups (broad SMARTS) is 1. The predicted octanol–water partition coefficient (Wildman–Crippen LogP) is 17.2. The number of non-ortho nitro benzene ring substituents is 2. The molecule has 0 aromatic heterocycles. The van der Waals surface area contributed by atoms with Gasteiger partial charge in [-0.05, 0) is 283 Å². The highest BCUT2D eigenvalue weighted by atomic mass is 35.5. The van der Waals surface area contributed by atoms with Crippen LogP contribution in [0.15, 0.2) is 236 Å². The van der Waals surface area contributed by atoms with Crippen molar-refractivity contribution in [2.45, 2.75) is 139 Å². The molecule has 11 aromatic rings. The minimum Gasteiger partial charge on any atom is -0.508 e. The number of carbonyl (C=O) groups is 8. The second kappa shape index (κ2) is 49.3. The minimum absolute atomic E-state index is 0. The summed E-state index contributed by atoms with van der Waals surface area (Å²) in [7, 11) is 7.72. The standard InChI is InChI=1S/C35H38N4O6.C25H24N2O7.C18H21NO3.C14H19NO5.C11H10N2O.C7H4ClNO4.FH/c36-17-5-4-8-29(22-32(40)44-23-24-6-2-1-3-7-24)34(41)39-18-19-43-30-14-11-25(12-15-30)35(42)45-31-16-13-26-20-28(33(37)38)10-9-27(26)21-31;1-26-12-11-25-17-8-10-20(33-24(28)32-16-6-4-15(5-7-16)27(29)30)23(25)34-22-19(31-2)9-3-14(21(22)25)13-18(17)26;1-19-8-7-18-11-4-5-13(20)17(18)22-16-14(21-2)6-3-10(15(16)18)9-12(11)19;1-14(2,3)20-13(18)15-8-9-19-11-6-4-10(5-7-11)12(16)17;12-11(13)9-2-1-8-6-10(14)4-3-7(8)5-9;8-7(10)13-6-3-1-5(2-4-6)9(11)12;/h1-3,6-7,9-16,20-21,29H,4-5,8,17-19,22-23,36H2,(H3,37,38)(H,39,41);3-7,9-10,17-18,23H,8,11-13H2,1-2H3;3,6,11-12,17H,4-5,7-9H2,1-2H3;4-7H,8-9H2,1-3H3,(H,15,18)(H,16,17);1-6,14H,(H3,12,13);1-4H;1H/t29-;17-,18+,23-,25-;11-,12+,17-,18-;;;;/m100..../s1. The first-order valence-corrected chi connectivity index (χ1v) is 48.5. The molecule has 0 unspecified atom stereocenters. The number of likely N-dealkylation sites (N-methyl/N-ethyl adjacent to an activating group) is 2. The van der Waals surface area contributed by atoms with E-state index in [0.29, 0.717) is 95.3 Å². The van der Waals surface area contributed by atoms with E-state index in [4.69, 9.17) is 96.8 Å². The number of benzene rings is 11.